The van der Waals surface area contributed by atoms with Crippen molar-refractivity contribution in [3.05, 3.63) is 29.3 Å². The minimum Gasteiger partial charge on any atom is -0.507 e. The molecule has 2 radical (unpaired) electrons. The van der Waals surface area contributed by atoms with Crippen LogP contribution < -0.4 is 0 Å². The van der Waals surface area contributed by atoms with E-state index in [1.54, 1.807) is 0 Å². The molecule has 0 aliphatic rings. The number of aromatic hydroxyl groups is 1. The van der Waals surface area contributed by atoms with Crippen molar-refractivity contribution in [1.82, 2.24) is 0 Å². The Morgan fingerprint density at radius 1 is 1.14 bits per heavy atom. The minimum atomic E-state index is 0.426. The van der Waals surface area contributed by atoms with Gasteiger partial charge in [0.1, 0.15) is 5.75 Å². The van der Waals surface area contributed by atoms with Crippen molar-refractivity contribution in [2.75, 3.05) is 0 Å². The lowest BCUT2D eigenvalue weighted by atomic mass is 9.91. The van der Waals surface area contributed by atoms with Crippen LogP contribution in [0, 0.1) is 5.92 Å². The monoisotopic (exact) mass is 318 g/mol. The molecule has 1 atom stereocenters. The third kappa shape index (κ3) is 6.73. The molecule has 1 aromatic carbocycles. The Kier molecular flexibility index (Phi) is 9.79. The van der Waals surface area contributed by atoms with E-state index in [0.29, 0.717) is 27.9 Å². The van der Waals surface area contributed by atoms with Gasteiger partial charge in [-0.2, -0.15) is 5.11 Å². The maximum atomic E-state index is 10.5. The van der Waals surface area contributed by atoms with E-state index in [0.717, 1.165) is 30.0 Å². The molecule has 0 aromatic heterocycles. The predicted molar refractivity (Wildman–Crippen MR) is 94.5 cm³/mol. The molecule has 0 saturated carbocycles. The molecule has 0 fully saturated rings. The van der Waals surface area contributed by atoms with E-state index in [1.807, 2.05) is 18.2 Å². The fourth-order valence-corrected chi connectivity index (χ4v) is 3.01. The molecule has 122 valence electrons. The summed E-state index contributed by atoms with van der Waals surface area (Å²) < 4.78 is 4.19. The summed E-state index contributed by atoms with van der Waals surface area (Å²) in [5, 5.41) is 14.7. The number of rotatable bonds is 11. The molecule has 0 bridgehead atoms. The SMILES string of the molecule is CCCCC(CC)Cc1cccc(CN=N[Si]CCC)c1O. The van der Waals surface area contributed by atoms with E-state index in [2.05, 4.69) is 30.7 Å². The highest BCUT2D eigenvalue weighted by atomic mass is 28.2. The van der Waals surface area contributed by atoms with Crippen molar-refractivity contribution in [2.45, 2.75) is 71.9 Å². The predicted octanol–water partition coefficient (Wildman–Crippen LogP) is 5.55. The minimum absolute atomic E-state index is 0.426. The number of benzene rings is 1. The summed E-state index contributed by atoms with van der Waals surface area (Å²) in [5.41, 5.74) is 1.96. The van der Waals surface area contributed by atoms with E-state index in [1.165, 1.54) is 25.7 Å². The van der Waals surface area contributed by atoms with Crippen LogP contribution in [-0.2, 0) is 13.0 Å². The number of para-hydroxylation sites is 1. The third-order valence-electron chi connectivity index (χ3n) is 4.00. The van der Waals surface area contributed by atoms with Gasteiger partial charge in [-0.1, -0.05) is 71.1 Å². The highest BCUT2D eigenvalue weighted by Crippen LogP contribution is 2.28. The first-order chi connectivity index (χ1) is 10.7. The van der Waals surface area contributed by atoms with Crippen molar-refractivity contribution < 1.29 is 5.11 Å². The van der Waals surface area contributed by atoms with Crippen molar-refractivity contribution in [3.8, 4) is 5.75 Å². The lowest BCUT2D eigenvalue weighted by Crippen LogP contribution is -2.04. The summed E-state index contributed by atoms with van der Waals surface area (Å²) in [6, 6.07) is 7.13. The van der Waals surface area contributed by atoms with Gasteiger partial charge >= 0.3 is 0 Å². The van der Waals surface area contributed by atoms with Gasteiger partial charge in [0.25, 0.3) is 0 Å². The van der Waals surface area contributed by atoms with Crippen LogP contribution in [0.2, 0.25) is 6.04 Å². The summed E-state index contributed by atoms with van der Waals surface area (Å²) in [4.78, 5) is 0. The fraction of sp³-hybridized carbons (Fsp3) is 0.667. The average molecular weight is 319 g/mol. The van der Waals surface area contributed by atoms with Gasteiger partial charge in [-0.15, -0.1) is 0 Å². The number of phenols is 1. The molecule has 0 saturated heterocycles. The third-order valence-corrected chi connectivity index (χ3v) is 5.01. The maximum Gasteiger partial charge on any atom is 0.241 e. The second-order valence-corrected chi connectivity index (χ2v) is 6.87. The zero-order chi connectivity index (χ0) is 16.2. The lowest BCUT2D eigenvalue weighted by molar-refractivity contribution is 0.423. The first-order valence-corrected chi connectivity index (χ1v) is 9.77. The normalized spacial score (nSPS) is 12.9. The van der Waals surface area contributed by atoms with Gasteiger partial charge in [-0.25, -0.2) is 4.78 Å². The van der Waals surface area contributed by atoms with Crippen LogP contribution in [0.1, 0.15) is 64.0 Å². The Morgan fingerprint density at radius 3 is 2.59 bits per heavy atom. The number of phenolic OH excluding ortho intramolecular Hbond substituents is 1. The van der Waals surface area contributed by atoms with Gasteiger partial charge in [-0.3, -0.25) is 0 Å². The number of hydrogen-bond donors (Lipinski definition) is 1. The molecule has 22 heavy (non-hydrogen) atoms. The lowest BCUT2D eigenvalue weighted by Gasteiger charge is -2.16. The van der Waals surface area contributed by atoms with E-state index in [9.17, 15) is 5.11 Å². The Balaban J connectivity index is 2.65. The maximum absolute atomic E-state index is 10.5. The van der Waals surface area contributed by atoms with Gasteiger partial charge in [0.05, 0.1) is 6.54 Å². The van der Waals surface area contributed by atoms with Gasteiger partial charge in [-0.05, 0) is 23.9 Å². The fourth-order valence-electron chi connectivity index (χ4n) is 2.51. The van der Waals surface area contributed by atoms with Crippen LogP contribution in [0.25, 0.3) is 0 Å². The molecule has 3 nitrogen and oxygen atoms in total. The zero-order valence-electron chi connectivity index (χ0n) is 14.3. The smallest absolute Gasteiger partial charge is 0.241 e. The molecule has 0 amide bonds. The standard InChI is InChI=1S/C18H30N2OSi/c1-4-7-9-15(6-3)13-16-10-8-11-17(18(16)21)14-19-20-22-12-5-2/h8,10-11,15,21H,4-7,9,12-14H2,1-3H3. The highest BCUT2D eigenvalue weighted by Gasteiger charge is 2.12. The van der Waals surface area contributed by atoms with Crippen LogP contribution in [0.4, 0.5) is 0 Å². The van der Waals surface area contributed by atoms with Crippen LogP contribution in [0.5, 0.6) is 5.75 Å². The van der Waals surface area contributed by atoms with Gasteiger partial charge < -0.3 is 5.11 Å². The van der Waals surface area contributed by atoms with E-state index < -0.39 is 0 Å². The molecule has 1 rings (SSSR count). The van der Waals surface area contributed by atoms with Crippen LogP contribution in [0.15, 0.2) is 28.1 Å². The Hall–Kier alpha value is -1.16. The molecule has 0 heterocycles. The van der Waals surface area contributed by atoms with Crippen LogP contribution in [0.3, 0.4) is 0 Å². The first-order valence-electron chi connectivity index (χ1n) is 8.61. The van der Waals surface area contributed by atoms with E-state index >= 15 is 0 Å². The van der Waals surface area contributed by atoms with Crippen molar-refractivity contribution in [3.63, 3.8) is 0 Å². The molecule has 0 aliphatic carbocycles. The quantitative estimate of drug-likeness (QED) is 0.324. The van der Waals surface area contributed by atoms with E-state index in [4.69, 9.17) is 0 Å². The van der Waals surface area contributed by atoms with Gasteiger partial charge in [0, 0.05) is 5.56 Å². The molecule has 4 heteroatoms. The molecular formula is C18H30N2OSi. The number of hydrogen-bond acceptors (Lipinski definition) is 3. The molecule has 1 unspecified atom stereocenters. The summed E-state index contributed by atoms with van der Waals surface area (Å²) in [7, 11) is 0.551. The zero-order valence-corrected chi connectivity index (χ0v) is 15.3. The second-order valence-electron chi connectivity index (χ2n) is 5.85. The Labute approximate surface area is 138 Å². The largest absolute Gasteiger partial charge is 0.507 e. The topological polar surface area (TPSA) is 45.0 Å². The number of nitrogens with zero attached hydrogens (tertiary/aromatic N) is 2. The molecular weight excluding hydrogens is 288 g/mol. The van der Waals surface area contributed by atoms with Crippen molar-refractivity contribution in [2.24, 2.45) is 15.8 Å². The van der Waals surface area contributed by atoms with Crippen LogP contribution in [-0.4, -0.2) is 14.8 Å². The number of unbranched alkanes of at least 4 members (excludes halogenated alkanes) is 1. The summed E-state index contributed by atoms with van der Waals surface area (Å²) in [5.74, 6) is 1.09. The summed E-state index contributed by atoms with van der Waals surface area (Å²) in [6.07, 6.45) is 7.03. The molecule has 1 aromatic rings. The van der Waals surface area contributed by atoms with Crippen molar-refractivity contribution in [1.29, 1.82) is 0 Å². The molecule has 1 N–H and O–H groups in total. The Bertz CT molecular complexity index is 449. The average Bonchev–Trinajstić information content (AvgIpc) is 2.54. The summed E-state index contributed by atoms with van der Waals surface area (Å²) >= 11 is 0. The first kappa shape index (κ1) is 18.9. The van der Waals surface area contributed by atoms with E-state index in [-0.39, 0.29) is 0 Å². The Morgan fingerprint density at radius 2 is 1.91 bits per heavy atom. The summed E-state index contributed by atoms with van der Waals surface area (Å²) in [6.45, 7) is 7.11. The second kappa shape index (κ2) is 11.4. The van der Waals surface area contributed by atoms with Crippen molar-refractivity contribution >= 4 is 9.68 Å². The molecule has 0 aliphatic heterocycles. The van der Waals surface area contributed by atoms with Gasteiger partial charge in [0.15, 0.2) is 0 Å². The highest BCUT2D eigenvalue weighted by molar-refractivity contribution is 6.32. The molecule has 0 spiro atoms. The van der Waals surface area contributed by atoms with Crippen LogP contribution >= 0.6 is 0 Å². The van der Waals surface area contributed by atoms with Gasteiger partial charge in [0.2, 0.25) is 9.68 Å².